The molecule has 25 heavy (non-hydrogen) atoms. The average molecular weight is 347 g/mol. The van der Waals surface area contributed by atoms with Gasteiger partial charge < -0.3 is 20.3 Å². The number of nitrogens with one attached hydrogen (secondary N) is 2. The van der Waals surface area contributed by atoms with E-state index >= 15 is 0 Å². The highest BCUT2D eigenvalue weighted by molar-refractivity contribution is 5.86. The molecule has 0 aromatic heterocycles. The van der Waals surface area contributed by atoms with Crippen LogP contribution in [-0.2, 0) is 16.1 Å². The van der Waals surface area contributed by atoms with E-state index in [9.17, 15) is 4.79 Å². The summed E-state index contributed by atoms with van der Waals surface area (Å²) in [5.74, 6) is 0.724. The zero-order valence-corrected chi connectivity index (χ0v) is 15.2. The maximum atomic E-state index is 11.8. The summed E-state index contributed by atoms with van der Waals surface area (Å²) in [4.78, 5) is 20.7. The van der Waals surface area contributed by atoms with Crippen LogP contribution in [0.25, 0.3) is 0 Å². The quantitative estimate of drug-likeness (QED) is 0.417. The van der Waals surface area contributed by atoms with Gasteiger partial charge in [-0.25, -0.2) is 0 Å². The van der Waals surface area contributed by atoms with Gasteiger partial charge in [0.2, 0.25) is 5.91 Å². The monoisotopic (exact) mass is 347 g/mol. The summed E-state index contributed by atoms with van der Waals surface area (Å²) in [5, 5.41) is 5.93. The molecule has 1 amide bonds. The van der Waals surface area contributed by atoms with Crippen LogP contribution in [0.1, 0.15) is 5.56 Å². The lowest BCUT2D eigenvalue weighted by atomic mass is 10.2. The summed E-state index contributed by atoms with van der Waals surface area (Å²) in [5.41, 5.74) is 1.34. The number of aliphatic imine (C=N–C) groups is 1. The van der Waals surface area contributed by atoms with Gasteiger partial charge in [-0.15, -0.1) is 0 Å². The third kappa shape index (κ3) is 6.72. The largest absolute Gasteiger partial charge is 0.383 e. The lowest BCUT2D eigenvalue weighted by Crippen LogP contribution is -2.53. The molecular formula is C18H29N5O2. The van der Waals surface area contributed by atoms with Crippen LogP contribution in [0.15, 0.2) is 35.3 Å². The van der Waals surface area contributed by atoms with Crippen molar-refractivity contribution in [1.29, 1.82) is 0 Å². The topological polar surface area (TPSA) is 69.2 Å². The van der Waals surface area contributed by atoms with Gasteiger partial charge in [0, 0.05) is 53.4 Å². The number of guanidine groups is 1. The van der Waals surface area contributed by atoms with E-state index in [2.05, 4.69) is 49.7 Å². The predicted molar refractivity (Wildman–Crippen MR) is 99.5 cm³/mol. The molecule has 1 aliphatic rings. The maximum Gasteiger partial charge on any atom is 0.239 e. The van der Waals surface area contributed by atoms with Crippen LogP contribution in [0.5, 0.6) is 0 Å². The van der Waals surface area contributed by atoms with E-state index in [1.54, 1.807) is 14.2 Å². The standard InChI is InChI=1S/C18H29N5O2/c1-19-18(21-14-17(24)20-8-13-25-2)23-11-9-22(10-12-23)15-16-6-4-3-5-7-16/h3-7H,8-15H2,1-2H3,(H,19,21)(H,20,24). The summed E-state index contributed by atoms with van der Waals surface area (Å²) in [7, 11) is 3.37. The SMILES string of the molecule is CN=C(NCC(=O)NCCOC)N1CCN(Cc2ccccc2)CC1. The fourth-order valence-electron chi connectivity index (χ4n) is 2.81. The summed E-state index contributed by atoms with van der Waals surface area (Å²) in [6, 6.07) is 10.5. The molecule has 1 aliphatic heterocycles. The lowest BCUT2D eigenvalue weighted by molar-refractivity contribution is -0.120. The van der Waals surface area contributed by atoms with Crippen LogP contribution in [-0.4, -0.2) is 81.7 Å². The molecule has 1 aromatic rings. The van der Waals surface area contributed by atoms with Crippen LogP contribution >= 0.6 is 0 Å². The third-order valence-electron chi connectivity index (χ3n) is 4.17. The van der Waals surface area contributed by atoms with Crippen molar-refractivity contribution in [2.45, 2.75) is 6.54 Å². The number of benzene rings is 1. The van der Waals surface area contributed by atoms with E-state index < -0.39 is 0 Å². The first kappa shape index (κ1) is 19.2. The van der Waals surface area contributed by atoms with Crippen molar-refractivity contribution in [3.8, 4) is 0 Å². The highest BCUT2D eigenvalue weighted by Crippen LogP contribution is 2.08. The van der Waals surface area contributed by atoms with Gasteiger partial charge >= 0.3 is 0 Å². The molecule has 0 atom stereocenters. The first-order valence-electron chi connectivity index (χ1n) is 8.70. The number of hydrogen-bond acceptors (Lipinski definition) is 4. The number of rotatable bonds is 7. The fraction of sp³-hybridized carbons (Fsp3) is 0.556. The van der Waals surface area contributed by atoms with E-state index in [1.165, 1.54) is 5.56 Å². The number of hydrogen-bond donors (Lipinski definition) is 2. The Balaban J connectivity index is 1.71. The zero-order chi connectivity index (χ0) is 17.9. The second-order valence-corrected chi connectivity index (χ2v) is 5.99. The molecule has 1 heterocycles. The Bertz CT molecular complexity index is 542. The van der Waals surface area contributed by atoms with Gasteiger partial charge in [0.1, 0.15) is 0 Å². The molecule has 2 N–H and O–H groups in total. The van der Waals surface area contributed by atoms with Crippen LogP contribution in [0, 0.1) is 0 Å². The molecule has 138 valence electrons. The third-order valence-corrected chi connectivity index (χ3v) is 4.17. The van der Waals surface area contributed by atoms with Crippen molar-refractivity contribution in [3.63, 3.8) is 0 Å². The molecule has 0 unspecified atom stereocenters. The molecule has 0 aliphatic carbocycles. The number of nitrogens with zero attached hydrogens (tertiary/aromatic N) is 3. The molecule has 1 aromatic carbocycles. The summed E-state index contributed by atoms with van der Waals surface area (Å²) < 4.78 is 4.92. The second-order valence-electron chi connectivity index (χ2n) is 5.99. The van der Waals surface area contributed by atoms with Gasteiger partial charge in [-0.1, -0.05) is 30.3 Å². The van der Waals surface area contributed by atoms with Crippen LogP contribution in [0.2, 0.25) is 0 Å². The highest BCUT2D eigenvalue weighted by Gasteiger charge is 2.19. The number of carbonyl (C=O) groups is 1. The Hall–Kier alpha value is -2.12. The van der Waals surface area contributed by atoms with Gasteiger partial charge in [0.15, 0.2) is 5.96 Å². The second kappa shape index (κ2) is 10.7. The molecule has 7 heteroatoms. The Morgan fingerprint density at radius 1 is 1.16 bits per heavy atom. The minimum atomic E-state index is -0.0547. The normalized spacial score (nSPS) is 15.9. The zero-order valence-electron chi connectivity index (χ0n) is 15.2. The van der Waals surface area contributed by atoms with Crippen molar-refractivity contribution in [3.05, 3.63) is 35.9 Å². The number of ether oxygens (including phenoxy) is 1. The van der Waals surface area contributed by atoms with Gasteiger partial charge in [-0.05, 0) is 5.56 Å². The molecule has 2 rings (SSSR count). The minimum Gasteiger partial charge on any atom is -0.383 e. The lowest BCUT2D eigenvalue weighted by Gasteiger charge is -2.36. The summed E-state index contributed by atoms with van der Waals surface area (Å²) in [6.45, 7) is 6.00. The Morgan fingerprint density at radius 3 is 2.52 bits per heavy atom. The van der Waals surface area contributed by atoms with Crippen molar-refractivity contribution < 1.29 is 9.53 Å². The smallest absolute Gasteiger partial charge is 0.239 e. The van der Waals surface area contributed by atoms with E-state index in [-0.39, 0.29) is 12.5 Å². The number of amides is 1. The number of methoxy groups -OCH3 is 1. The van der Waals surface area contributed by atoms with Crippen molar-refractivity contribution in [2.75, 3.05) is 60.0 Å². The first-order chi connectivity index (χ1) is 12.2. The van der Waals surface area contributed by atoms with Crippen molar-refractivity contribution >= 4 is 11.9 Å². The molecule has 0 spiro atoms. The molecular weight excluding hydrogens is 318 g/mol. The van der Waals surface area contributed by atoms with Gasteiger partial charge in [0.25, 0.3) is 0 Å². The van der Waals surface area contributed by atoms with E-state index in [0.717, 1.165) is 38.7 Å². The molecule has 1 saturated heterocycles. The van der Waals surface area contributed by atoms with E-state index in [0.29, 0.717) is 13.2 Å². The van der Waals surface area contributed by atoms with E-state index in [4.69, 9.17) is 4.74 Å². The molecule has 0 radical (unpaired) electrons. The molecule has 7 nitrogen and oxygen atoms in total. The minimum absolute atomic E-state index is 0.0547. The van der Waals surface area contributed by atoms with Crippen LogP contribution < -0.4 is 10.6 Å². The number of carbonyl (C=O) groups excluding carboxylic acids is 1. The van der Waals surface area contributed by atoms with Gasteiger partial charge in [0.05, 0.1) is 13.2 Å². The highest BCUT2D eigenvalue weighted by atomic mass is 16.5. The van der Waals surface area contributed by atoms with Gasteiger partial charge in [-0.3, -0.25) is 14.7 Å². The fourth-order valence-corrected chi connectivity index (χ4v) is 2.81. The number of piperazine rings is 1. The Labute approximate surface area is 150 Å². The Morgan fingerprint density at radius 2 is 1.88 bits per heavy atom. The summed E-state index contributed by atoms with van der Waals surface area (Å²) >= 11 is 0. The molecule has 0 saturated carbocycles. The van der Waals surface area contributed by atoms with Crippen LogP contribution in [0.4, 0.5) is 0 Å². The predicted octanol–water partition coefficient (Wildman–Crippen LogP) is 0.142. The summed E-state index contributed by atoms with van der Waals surface area (Å²) in [6.07, 6.45) is 0. The molecule has 1 fully saturated rings. The van der Waals surface area contributed by atoms with Crippen molar-refractivity contribution in [2.24, 2.45) is 4.99 Å². The van der Waals surface area contributed by atoms with Crippen molar-refractivity contribution in [1.82, 2.24) is 20.4 Å². The van der Waals surface area contributed by atoms with E-state index in [1.807, 2.05) is 6.07 Å². The van der Waals surface area contributed by atoms with Crippen LogP contribution in [0.3, 0.4) is 0 Å². The maximum absolute atomic E-state index is 11.8. The Kier molecular flexibility index (Phi) is 8.21. The first-order valence-corrected chi connectivity index (χ1v) is 8.70. The molecule has 0 bridgehead atoms. The average Bonchev–Trinajstić information content (AvgIpc) is 2.64. The van der Waals surface area contributed by atoms with Gasteiger partial charge in [-0.2, -0.15) is 0 Å².